The molecule has 1 aliphatic rings. The third-order valence-corrected chi connectivity index (χ3v) is 3.43. The summed E-state index contributed by atoms with van der Waals surface area (Å²) >= 11 is 0. The number of piperidine rings is 1. The highest BCUT2D eigenvalue weighted by Crippen LogP contribution is 2.20. The standard InChI is InChI=1S/C14H19NO2/c16-14(17)10-13-4-2-1-3-12(13)9-11-5-7-15-8-6-11/h1-4,11,15H,5-10H2,(H,16,17). The minimum absolute atomic E-state index is 0.140. The summed E-state index contributed by atoms with van der Waals surface area (Å²) in [4.78, 5) is 10.8. The van der Waals surface area contributed by atoms with Gasteiger partial charge in [-0.25, -0.2) is 0 Å². The Morgan fingerprint density at radius 2 is 1.88 bits per heavy atom. The van der Waals surface area contributed by atoms with Gasteiger partial charge < -0.3 is 10.4 Å². The Hall–Kier alpha value is -1.35. The molecule has 1 saturated heterocycles. The lowest BCUT2D eigenvalue weighted by Gasteiger charge is -2.23. The molecule has 0 atom stereocenters. The lowest BCUT2D eigenvalue weighted by molar-refractivity contribution is -0.136. The highest BCUT2D eigenvalue weighted by atomic mass is 16.4. The van der Waals surface area contributed by atoms with Gasteiger partial charge in [0, 0.05) is 0 Å². The molecule has 1 aromatic rings. The van der Waals surface area contributed by atoms with Gasteiger partial charge in [-0.05, 0) is 49.4 Å². The maximum atomic E-state index is 10.8. The van der Waals surface area contributed by atoms with Crippen LogP contribution in [0, 0.1) is 5.92 Å². The Bertz CT molecular complexity index is 384. The van der Waals surface area contributed by atoms with E-state index in [4.69, 9.17) is 5.11 Å². The lowest BCUT2D eigenvalue weighted by atomic mass is 9.88. The molecule has 0 spiro atoms. The number of rotatable bonds is 4. The summed E-state index contributed by atoms with van der Waals surface area (Å²) in [6, 6.07) is 7.93. The van der Waals surface area contributed by atoms with Gasteiger partial charge in [-0.1, -0.05) is 24.3 Å². The Morgan fingerprint density at radius 1 is 1.24 bits per heavy atom. The first-order valence-electron chi connectivity index (χ1n) is 6.25. The smallest absolute Gasteiger partial charge is 0.307 e. The second-order valence-electron chi connectivity index (χ2n) is 4.74. The van der Waals surface area contributed by atoms with Gasteiger partial charge in [-0.3, -0.25) is 4.79 Å². The summed E-state index contributed by atoms with van der Waals surface area (Å²) in [7, 11) is 0. The van der Waals surface area contributed by atoms with E-state index in [1.807, 2.05) is 18.2 Å². The van der Waals surface area contributed by atoms with E-state index in [0.717, 1.165) is 25.1 Å². The average Bonchev–Trinajstić information content (AvgIpc) is 2.32. The van der Waals surface area contributed by atoms with Crippen molar-refractivity contribution in [2.75, 3.05) is 13.1 Å². The number of hydrogen-bond acceptors (Lipinski definition) is 2. The molecule has 0 bridgehead atoms. The number of carboxylic acids is 1. The quantitative estimate of drug-likeness (QED) is 0.834. The zero-order chi connectivity index (χ0) is 12.1. The number of benzene rings is 1. The number of carboxylic acid groups (broad SMARTS) is 1. The molecule has 3 heteroatoms. The van der Waals surface area contributed by atoms with Gasteiger partial charge in [-0.2, -0.15) is 0 Å². The van der Waals surface area contributed by atoms with Crippen molar-refractivity contribution in [3.8, 4) is 0 Å². The van der Waals surface area contributed by atoms with Crippen LogP contribution in [0.4, 0.5) is 0 Å². The molecule has 0 aromatic heterocycles. The van der Waals surface area contributed by atoms with Gasteiger partial charge in [0.05, 0.1) is 6.42 Å². The fraction of sp³-hybridized carbons (Fsp3) is 0.500. The molecule has 92 valence electrons. The van der Waals surface area contributed by atoms with E-state index in [1.165, 1.54) is 18.4 Å². The van der Waals surface area contributed by atoms with Crippen LogP contribution in [0.15, 0.2) is 24.3 Å². The third kappa shape index (κ3) is 3.56. The maximum Gasteiger partial charge on any atom is 0.307 e. The number of carbonyl (C=O) groups is 1. The highest BCUT2D eigenvalue weighted by molar-refractivity contribution is 5.70. The van der Waals surface area contributed by atoms with E-state index in [2.05, 4.69) is 11.4 Å². The minimum Gasteiger partial charge on any atom is -0.481 e. The van der Waals surface area contributed by atoms with Crippen molar-refractivity contribution in [2.45, 2.75) is 25.7 Å². The van der Waals surface area contributed by atoms with Crippen molar-refractivity contribution >= 4 is 5.97 Å². The van der Waals surface area contributed by atoms with Gasteiger partial charge in [0.15, 0.2) is 0 Å². The van der Waals surface area contributed by atoms with Crippen molar-refractivity contribution in [1.29, 1.82) is 0 Å². The van der Waals surface area contributed by atoms with E-state index in [0.29, 0.717) is 5.92 Å². The SMILES string of the molecule is O=C(O)Cc1ccccc1CC1CCNCC1. The van der Waals surface area contributed by atoms with Crippen molar-refractivity contribution in [3.05, 3.63) is 35.4 Å². The Labute approximate surface area is 102 Å². The molecule has 1 heterocycles. The first kappa shape index (κ1) is 12.1. The number of aliphatic carboxylic acids is 1. The van der Waals surface area contributed by atoms with Crippen LogP contribution in [0.3, 0.4) is 0 Å². The molecular weight excluding hydrogens is 214 g/mol. The number of nitrogens with one attached hydrogen (secondary N) is 1. The topological polar surface area (TPSA) is 49.3 Å². The molecule has 3 nitrogen and oxygen atoms in total. The van der Waals surface area contributed by atoms with Crippen LogP contribution in [-0.2, 0) is 17.6 Å². The van der Waals surface area contributed by atoms with E-state index in [-0.39, 0.29) is 6.42 Å². The Balaban J connectivity index is 2.05. The van der Waals surface area contributed by atoms with Crippen LogP contribution in [0.25, 0.3) is 0 Å². The van der Waals surface area contributed by atoms with Crippen molar-refractivity contribution in [2.24, 2.45) is 5.92 Å². The van der Waals surface area contributed by atoms with Crippen molar-refractivity contribution in [3.63, 3.8) is 0 Å². The third-order valence-electron chi connectivity index (χ3n) is 3.43. The van der Waals surface area contributed by atoms with Crippen LogP contribution >= 0.6 is 0 Å². The summed E-state index contributed by atoms with van der Waals surface area (Å²) in [6.07, 6.45) is 3.55. The molecule has 2 N–H and O–H groups in total. The lowest BCUT2D eigenvalue weighted by Crippen LogP contribution is -2.28. The fourth-order valence-electron chi connectivity index (χ4n) is 2.49. The second kappa shape index (κ2) is 5.82. The molecule has 17 heavy (non-hydrogen) atoms. The fourth-order valence-corrected chi connectivity index (χ4v) is 2.49. The number of hydrogen-bond donors (Lipinski definition) is 2. The van der Waals surface area contributed by atoms with E-state index in [9.17, 15) is 4.79 Å². The molecule has 0 radical (unpaired) electrons. The predicted molar refractivity (Wildman–Crippen MR) is 67.1 cm³/mol. The van der Waals surface area contributed by atoms with Gasteiger partial charge in [0.2, 0.25) is 0 Å². The summed E-state index contributed by atoms with van der Waals surface area (Å²) < 4.78 is 0. The molecule has 1 aliphatic heterocycles. The van der Waals surface area contributed by atoms with Gasteiger partial charge in [0.1, 0.15) is 0 Å². The zero-order valence-corrected chi connectivity index (χ0v) is 9.98. The molecule has 0 unspecified atom stereocenters. The summed E-state index contributed by atoms with van der Waals surface area (Å²) in [5.41, 5.74) is 2.18. The van der Waals surface area contributed by atoms with Gasteiger partial charge in [0.25, 0.3) is 0 Å². The van der Waals surface area contributed by atoms with Crippen molar-refractivity contribution in [1.82, 2.24) is 5.32 Å². The Kier molecular flexibility index (Phi) is 4.15. The molecule has 0 saturated carbocycles. The van der Waals surface area contributed by atoms with Crippen LogP contribution in [0.2, 0.25) is 0 Å². The molecule has 2 rings (SSSR count). The van der Waals surface area contributed by atoms with Crippen LogP contribution < -0.4 is 5.32 Å². The monoisotopic (exact) mass is 233 g/mol. The zero-order valence-electron chi connectivity index (χ0n) is 9.98. The largest absolute Gasteiger partial charge is 0.481 e. The molecule has 0 aliphatic carbocycles. The second-order valence-corrected chi connectivity index (χ2v) is 4.74. The normalized spacial score (nSPS) is 16.9. The Morgan fingerprint density at radius 3 is 2.53 bits per heavy atom. The summed E-state index contributed by atoms with van der Waals surface area (Å²) in [5.74, 6) is -0.0473. The first-order chi connectivity index (χ1) is 8.25. The molecule has 1 aromatic carbocycles. The van der Waals surface area contributed by atoms with Crippen LogP contribution in [0.1, 0.15) is 24.0 Å². The summed E-state index contributed by atoms with van der Waals surface area (Å²) in [6.45, 7) is 2.18. The highest BCUT2D eigenvalue weighted by Gasteiger charge is 2.15. The van der Waals surface area contributed by atoms with Gasteiger partial charge in [-0.15, -0.1) is 0 Å². The predicted octanol–water partition coefficient (Wildman–Crippen LogP) is 1.86. The average molecular weight is 233 g/mol. The summed E-state index contributed by atoms with van der Waals surface area (Å²) in [5, 5.41) is 12.2. The van der Waals surface area contributed by atoms with Crippen molar-refractivity contribution < 1.29 is 9.90 Å². The minimum atomic E-state index is -0.747. The van der Waals surface area contributed by atoms with E-state index < -0.39 is 5.97 Å². The van der Waals surface area contributed by atoms with Crippen LogP contribution in [-0.4, -0.2) is 24.2 Å². The van der Waals surface area contributed by atoms with Gasteiger partial charge >= 0.3 is 5.97 Å². The van der Waals surface area contributed by atoms with E-state index >= 15 is 0 Å². The maximum absolute atomic E-state index is 10.8. The first-order valence-corrected chi connectivity index (χ1v) is 6.25. The van der Waals surface area contributed by atoms with Crippen LogP contribution in [0.5, 0.6) is 0 Å². The molecule has 1 fully saturated rings. The molecule has 0 amide bonds. The molecular formula is C14H19NO2. The van der Waals surface area contributed by atoms with E-state index in [1.54, 1.807) is 0 Å².